The van der Waals surface area contributed by atoms with E-state index in [4.69, 9.17) is 30.7 Å². The third kappa shape index (κ3) is 2.80. The number of aromatic nitrogens is 2. The third-order valence-corrected chi connectivity index (χ3v) is 5.93. The Kier molecular flexibility index (Phi) is 4.15. The van der Waals surface area contributed by atoms with Crippen LogP contribution in [-0.4, -0.2) is 34.7 Å². The Morgan fingerprint density at radius 3 is 2.52 bits per heavy atom. The van der Waals surface area contributed by atoms with Crippen molar-refractivity contribution in [3.8, 4) is 0 Å². The highest BCUT2D eigenvalue weighted by Gasteiger charge is 2.53. The molecule has 1 aromatic carbocycles. The second-order valence-corrected chi connectivity index (χ2v) is 8.28. The number of halogens is 1. The minimum absolute atomic E-state index is 0.0640. The van der Waals surface area contributed by atoms with E-state index in [0.29, 0.717) is 5.02 Å². The highest BCUT2D eigenvalue weighted by Crippen LogP contribution is 2.38. The van der Waals surface area contributed by atoms with Crippen molar-refractivity contribution < 1.29 is 14.0 Å². The van der Waals surface area contributed by atoms with E-state index in [2.05, 4.69) is 0 Å². The molecule has 1 unspecified atom stereocenters. The molecule has 0 N–H and O–H groups in total. The Bertz CT molecular complexity index is 783. The van der Waals surface area contributed by atoms with Crippen molar-refractivity contribution in [1.29, 1.82) is 0 Å². The molecule has 0 aliphatic carbocycles. The van der Waals surface area contributed by atoms with Gasteiger partial charge in [0, 0.05) is 12.0 Å². The molecule has 2 aliphatic heterocycles. The number of rotatable bonds is 2. The van der Waals surface area contributed by atoms with Crippen LogP contribution in [0.3, 0.4) is 0 Å². The second-order valence-electron chi connectivity index (χ2n) is 7.87. The van der Waals surface area contributed by atoms with Crippen molar-refractivity contribution in [3.05, 3.63) is 23.2 Å². The topological polar surface area (TPSA) is 45.5 Å². The van der Waals surface area contributed by atoms with Gasteiger partial charge in [0.1, 0.15) is 5.59 Å². The Morgan fingerprint density at radius 2 is 1.88 bits per heavy atom. The zero-order valence-corrected chi connectivity index (χ0v) is 16.0. The van der Waals surface area contributed by atoms with Gasteiger partial charge in [0.15, 0.2) is 6.23 Å². The Balaban J connectivity index is 1.82. The van der Waals surface area contributed by atoms with Crippen molar-refractivity contribution in [3.63, 3.8) is 0 Å². The summed E-state index contributed by atoms with van der Waals surface area (Å²) >= 11 is 6.53. The quantitative estimate of drug-likeness (QED) is 0.764. The Morgan fingerprint density at radius 1 is 1.16 bits per heavy atom. The number of nitrogens with zero attached hydrogens (tertiary/aromatic N) is 2. The van der Waals surface area contributed by atoms with Gasteiger partial charge in [-0.05, 0) is 59.1 Å². The average Bonchev–Trinajstić information content (AvgIpc) is 3.04. The molecule has 4 rings (SSSR count). The molecule has 0 saturated carbocycles. The molecule has 7 heteroatoms. The van der Waals surface area contributed by atoms with Gasteiger partial charge in [-0.25, -0.2) is 4.68 Å². The van der Waals surface area contributed by atoms with Crippen molar-refractivity contribution in [2.45, 2.75) is 64.4 Å². The number of fused-ring (bicyclic) bond motifs is 1. The predicted octanol–water partition coefficient (Wildman–Crippen LogP) is 3.69. The van der Waals surface area contributed by atoms with Crippen LogP contribution in [0.1, 0.15) is 53.2 Å². The summed E-state index contributed by atoms with van der Waals surface area (Å²) in [5, 5.41) is 6.39. The lowest BCUT2D eigenvalue weighted by atomic mass is 9.82. The fourth-order valence-electron chi connectivity index (χ4n) is 3.43. The number of hydrogen-bond acceptors (Lipinski definition) is 4. The molecule has 0 amide bonds. The molecule has 2 saturated heterocycles. The summed E-state index contributed by atoms with van der Waals surface area (Å²) in [5.41, 5.74) is 0.852. The van der Waals surface area contributed by atoms with Crippen molar-refractivity contribution in [1.82, 2.24) is 9.78 Å². The first kappa shape index (κ1) is 17.3. The van der Waals surface area contributed by atoms with Gasteiger partial charge in [0.25, 0.3) is 0 Å². The van der Waals surface area contributed by atoms with Gasteiger partial charge in [-0.15, -0.1) is 0 Å². The predicted molar refractivity (Wildman–Crippen MR) is 99.3 cm³/mol. The summed E-state index contributed by atoms with van der Waals surface area (Å²) in [6, 6.07) is 5.85. The van der Waals surface area contributed by atoms with E-state index in [-0.39, 0.29) is 6.23 Å². The van der Waals surface area contributed by atoms with Gasteiger partial charge in [-0.2, -0.15) is 5.10 Å². The Labute approximate surface area is 153 Å². The maximum absolute atomic E-state index is 6.53. The summed E-state index contributed by atoms with van der Waals surface area (Å²) in [6.45, 7) is 8.92. The number of hydrogen-bond donors (Lipinski definition) is 0. The molecular weight excluding hydrogens is 338 g/mol. The van der Waals surface area contributed by atoms with Crippen LogP contribution in [0.4, 0.5) is 0 Å². The lowest BCUT2D eigenvalue weighted by molar-refractivity contribution is -0.0364. The largest absolute Gasteiger partial charge is 0.517 e. The first-order valence-corrected chi connectivity index (χ1v) is 9.32. The lowest BCUT2D eigenvalue weighted by Gasteiger charge is -2.32. The van der Waals surface area contributed by atoms with Crippen LogP contribution in [0.5, 0.6) is 0 Å². The minimum atomic E-state index is -0.544. The molecular formula is C18H24BClN2O3. The van der Waals surface area contributed by atoms with E-state index in [1.807, 2.05) is 50.6 Å². The van der Waals surface area contributed by atoms with E-state index >= 15 is 0 Å². The zero-order valence-electron chi connectivity index (χ0n) is 15.2. The minimum Gasteiger partial charge on any atom is -0.398 e. The highest BCUT2D eigenvalue weighted by molar-refractivity contribution is 6.65. The molecule has 2 aromatic rings. The summed E-state index contributed by atoms with van der Waals surface area (Å²) in [4.78, 5) is 0. The van der Waals surface area contributed by atoms with Crippen molar-refractivity contribution >= 4 is 35.2 Å². The van der Waals surface area contributed by atoms with Crippen LogP contribution in [0, 0.1) is 0 Å². The molecule has 25 heavy (non-hydrogen) atoms. The fourth-order valence-corrected chi connectivity index (χ4v) is 3.70. The third-order valence-electron chi connectivity index (χ3n) is 5.61. The first-order chi connectivity index (χ1) is 11.8. The van der Waals surface area contributed by atoms with E-state index in [9.17, 15) is 0 Å². The standard InChI is InChI=1S/C18H24BClN2O3/c1-17(2)18(3,4)25-19(24-17)16-15-12(20)8-7-9-13(15)22(21-16)14-10-5-6-11-23-14/h7-9,14H,5-6,10-11H2,1-4H3. The zero-order chi connectivity index (χ0) is 17.8. The van der Waals surface area contributed by atoms with Gasteiger partial charge in [-0.1, -0.05) is 17.7 Å². The Hall–Kier alpha value is -1.08. The fraction of sp³-hybridized carbons (Fsp3) is 0.611. The SMILES string of the molecule is CC1(C)OB(c2nn(C3CCCCO3)c3cccc(Cl)c23)OC1(C)C. The summed E-state index contributed by atoms with van der Waals surface area (Å²) in [7, 11) is -0.544. The van der Waals surface area contributed by atoms with Crippen LogP contribution >= 0.6 is 11.6 Å². The van der Waals surface area contributed by atoms with Crippen LogP contribution < -0.4 is 5.59 Å². The van der Waals surface area contributed by atoms with Crippen LogP contribution in [0.2, 0.25) is 5.02 Å². The van der Waals surface area contributed by atoms with E-state index in [1.54, 1.807) is 0 Å². The lowest BCUT2D eigenvalue weighted by Crippen LogP contribution is -2.41. The molecule has 2 fully saturated rings. The van der Waals surface area contributed by atoms with Gasteiger partial charge >= 0.3 is 7.12 Å². The summed E-state index contributed by atoms with van der Waals surface area (Å²) < 4.78 is 20.3. The molecule has 0 spiro atoms. The number of benzene rings is 1. The number of ether oxygens (including phenoxy) is 1. The average molecular weight is 363 g/mol. The summed E-state index contributed by atoms with van der Waals surface area (Å²) in [6.07, 6.45) is 3.12. The molecule has 1 atom stereocenters. The first-order valence-electron chi connectivity index (χ1n) is 8.94. The van der Waals surface area contributed by atoms with Crippen molar-refractivity contribution in [2.75, 3.05) is 6.61 Å². The molecule has 134 valence electrons. The van der Waals surface area contributed by atoms with Crippen molar-refractivity contribution in [2.24, 2.45) is 0 Å². The maximum atomic E-state index is 6.53. The van der Waals surface area contributed by atoms with Crippen LogP contribution in [0.15, 0.2) is 18.2 Å². The maximum Gasteiger partial charge on any atom is 0.517 e. The summed E-state index contributed by atoms with van der Waals surface area (Å²) in [5.74, 6) is 0. The van der Waals surface area contributed by atoms with Gasteiger partial charge in [0.2, 0.25) is 0 Å². The van der Waals surface area contributed by atoms with Gasteiger partial charge in [0.05, 0.1) is 21.7 Å². The van der Waals surface area contributed by atoms with Gasteiger partial charge in [-0.3, -0.25) is 0 Å². The monoisotopic (exact) mass is 362 g/mol. The van der Waals surface area contributed by atoms with Gasteiger partial charge < -0.3 is 14.0 Å². The normalized spacial score (nSPS) is 25.6. The smallest absolute Gasteiger partial charge is 0.398 e. The second kappa shape index (κ2) is 5.98. The molecule has 0 radical (unpaired) electrons. The molecule has 1 aromatic heterocycles. The molecule has 5 nitrogen and oxygen atoms in total. The van der Waals surface area contributed by atoms with Crippen LogP contribution in [0.25, 0.3) is 10.9 Å². The molecule has 2 aliphatic rings. The van der Waals surface area contributed by atoms with E-state index < -0.39 is 18.3 Å². The van der Waals surface area contributed by atoms with E-state index in [0.717, 1.165) is 42.4 Å². The molecule has 3 heterocycles. The van der Waals surface area contributed by atoms with Crippen LogP contribution in [-0.2, 0) is 14.0 Å². The molecule has 0 bridgehead atoms. The highest BCUT2D eigenvalue weighted by atomic mass is 35.5. The van der Waals surface area contributed by atoms with E-state index in [1.165, 1.54) is 0 Å².